The van der Waals surface area contributed by atoms with E-state index in [0.29, 0.717) is 11.7 Å². The monoisotopic (exact) mass is 456 g/mol. The largest absolute Gasteiger partial charge is 0.356 e. The van der Waals surface area contributed by atoms with Gasteiger partial charge in [-0.05, 0) is 77.7 Å². The summed E-state index contributed by atoms with van der Waals surface area (Å²) in [5, 5.41) is 9.54. The molecular formula is C22H44N6O2S. The van der Waals surface area contributed by atoms with Crippen LogP contribution in [0.3, 0.4) is 0 Å². The molecule has 0 aromatic heterocycles. The molecule has 0 aromatic rings. The van der Waals surface area contributed by atoms with Gasteiger partial charge in [-0.25, -0.2) is 4.79 Å². The van der Waals surface area contributed by atoms with Crippen molar-refractivity contribution in [3.05, 3.63) is 0 Å². The van der Waals surface area contributed by atoms with E-state index in [0.717, 1.165) is 103 Å². The number of thioether (sulfide) groups is 1. The average molecular weight is 457 g/mol. The van der Waals surface area contributed by atoms with Crippen molar-refractivity contribution in [2.45, 2.75) is 81.5 Å². The molecule has 180 valence electrons. The molecule has 0 saturated carbocycles. The molecule has 2 fully saturated rings. The van der Waals surface area contributed by atoms with Crippen LogP contribution >= 0.6 is 11.8 Å². The molecule has 9 heteroatoms. The first-order valence-electron chi connectivity index (χ1n) is 12.2. The number of hydrogen-bond donors (Lipinski definition) is 5. The van der Waals surface area contributed by atoms with Crippen LogP contribution in [-0.4, -0.2) is 79.2 Å². The lowest BCUT2D eigenvalue weighted by Crippen LogP contribution is -2.36. The first-order valence-corrected chi connectivity index (χ1v) is 13.3. The molecule has 0 aliphatic carbocycles. The van der Waals surface area contributed by atoms with Crippen molar-refractivity contribution >= 4 is 23.7 Å². The Labute approximate surface area is 192 Å². The van der Waals surface area contributed by atoms with Gasteiger partial charge in [0.2, 0.25) is 5.91 Å². The van der Waals surface area contributed by atoms with Gasteiger partial charge < -0.3 is 32.3 Å². The zero-order chi connectivity index (χ0) is 22.3. The van der Waals surface area contributed by atoms with Crippen LogP contribution in [-0.2, 0) is 4.79 Å². The molecule has 2 aliphatic heterocycles. The van der Waals surface area contributed by atoms with Crippen LogP contribution in [0.2, 0.25) is 0 Å². The van der Waals surface area contributed by atoms with Crippen molar-refractivity contribution in [1.29, 1.82) is 0 Å². The van der Waals surface area contributed by atoms with Crippen molar-refractivity contribution in [2.75, 3.05) is 45.0 Å². The van der Waals surface area contributed by atoms with E-state index in [4.69, 9.17) is 11.5 Å². The van der Waals surface area contributed by atoms with Gasteiger partial charge >= 0.3 is 6.03 Å². The lowest BCUT2D eigenvalue weighted by Gasteiger charge is -2.22. The van der Waals surface area contributed by atoms with Crippen LogP contribution in [0.25, 0.3) is 0 Å². The highest BCUT2D eigenvalue weighted by molar-refractivity contribution is 8.00. The number of nitrogens with one attached hydrogen (secondary N) is 3. The van der Waals surface area contributed by atoms with Crippen LogP contribution in [0.1, 0.15) is 64.2 Å². The highest BCUT2D eigenvalue weighted by Gasteiger charge is 2.42. The Bertz CT molecular complexity index is 524. The van der Waals surface area contributed by atoms with Gasteiger partial charge in [-0.15, -0.1) is 0 Å². The maximum Gasteiger partial charge on any atom is 0.315 e. The fraction of sp³-hybridized carbons (Fsp3) is 0.909. The summed E-state index contributed by atoms with van der Waals surface area (Å²) >= 11 is 1.94. The SMILES string of the molecule is NCCCCN(CCCN)CCCCCNC(=O)CCCC[C@@H]1SC[C@@H]2NC(=O)N[C@@H]21. The molecule has 2 aliphatic rings. The van der Waals surface area contributed by atoms with Gasteiger partial charge in [0.05, 0.1) is 12.1 Å². The summed E-state index contributed by atoms with van der Waals surface area (Å²) < 4.78 is 0. The topological polar surface area (TPSA) is 126 Å². The molecule has 8 nitrogen and oxygen atoms in total. The zero-order valence-electron chi connectivity index (χ0n) is 19.1. The van der Waals surface area contributed by atoms with E-state index in [-0.39, 0.29) is 24.0 Å². The standard InChI is InChI=1S/C22H44N6O2S/c23-11-4-7-15-28(16-8-12-24)14-6-1-5-13-25-20(29)10-3-2-9-19-21-18(17-31-19)26-22(30)27-21/h18-19,21H,1-17,23-24H2,(H,25,29)(H2,26,27,30)/t18-,19-,21-/m0/s1. The Morgan fingerprint density at radius 1 is 0.968 bits per heavy atom. The molecular weight excluding hydrogens is 412 g/mol. The predicted octanol–water partition coefficient (Wildman–Crippen LogP) is 1.39. The van der Waals surface area contributed by atoms with Crippen LogP contribution in [0.15, 0.2) is 0 Å². The quantitative estimate of drug-likeness (QED) is 0.157. The fourth-order valence-electron chi connectivity index (χ4n) is 4.36. The second kappa shape index (κ2) is 15.7. The molecule has 3 atom stereocenters. The zero-order valence-corrected chi connectivity index (χ0v) is 19.9. The molecule has 0 aromatic carbocycles. The summed E-state index contributed by atoms with van der Waals surface area (Å²) in [7, 11) is 0. The van der Waals surface area contributed by atoms with E-state index in [1.165, 1.54) is 0 Å². The smallest absolute Gasteiger partial charge is 0.315 e. The number of nitrogens with two attached hydrogens (primary N) is 2. The second-order valence-corrected chi connectivity index (χ2v) is 10.0. The minimum atomic E-state index is -0.0328. The predicted molar refractivity (Wildman–Crippen MR) is 129 cm³/mol. The number of amides is 3. The maximum absolute atomic E-state index is 12.1. The van der Waals surface area contributed by atoms with Crippen molar-refractivity contribution in [1.82, 2.24) is 20.9 Å². The summed E-state index contributed by atoms with van der Waals surface area (Å²) in [5.74, 6) is 1.16. The van der Waals surface area contributed by atoms with Gasteiger partial charge in [-0.3, -0.25) is 4.79 Å². The lowest BCUT2D eigenvalue weighted by atomic mass is 10.0. The Morgan fingerprint density at radius 2 is 1.71 bits per heavy atom. The van der Waals surface area contributed by atoms with Gasteiger partial charge in [0.1, 0.15) is 0 Å². The summed E-state index contributed by atoms with van der Waals surface area (Å²) in [6, 6.07) is 0.511. The van der Waals surface area contributed by atoms with E-state index in [2.05, 4.69) is 20.9 Å². The maximum atomic E-state index is 12.1. The third kappa shape index (κ3) is 10.4. The Morgan fingerprint density at radius 3 is 2.48 bits per heavy atom. The van der Waals surface area contributed by atoms with Crippen LogP contribution in [0, 0.1) is 0 Å². The summed E-state index contributed by atoms with van der Waals surface area (Å²) in [6.45, 7) is 5.57. The Kier molecular flexibility index (Phi) is 13.3. The van der Waals surface area contributed by atoms with E-state index in [1.54, 1.807) is 0 Å². The number of carbonyl (C=O) groups excluding carboxylic acids is 2. The third-order valence-corrected chi connectivity index (χ3v) is 7.67. The van der Waals surface area contributed by atoms with E-state index in [1.807, 2.05) is 11.8 Å². The molecule has 2 saturated heterocycles. The molecule has 31 heavy (non-hydrogen) atoms. The molecule has 3 amide bonds. The van der Waals surface area contributed by atoms with Gasteiger partial charge in [-0.1, -0.05) is 12.8 Å². The lowest BCUT2D eigenvalue weighted by molar-refractivity contribution is -0.121. The minimum absolute atomic E-state index is 0.0328. The van der Waals surface area contributed by atoms with Crippen molar-refractivity contribution < 1.29 is 9.59 Å². The van der Waals surface area contributed by atoms with E-state index in [9.17, 15) is 9.59 Å². The number of nitrogens with zero attached hydrogens (tertiary/aromatic N) is 1. The normalized spacial score (nSPS) is 22.4. The molecule has 0 bridgehead atoms. The Hall–Kier alpha value is -1.03. The molecule has 0 unspecified atom stereocenters. The van der Waals surface area contributed by atoms with E-state index >= 15 is 0 Å². The highest BCUT2D eigenvalue weighted by atomic mass is 32.2. The van der Waals surface area contributed by atoms with Crippen molar-refractivity contribution in [3.63, 3.8) is 0 Å². The number of unbranched alkanes of at least 4 members (excludes halogenated alkanes) is 4. The third-order valence-electron chi connectivity index (χ3n) is 6.16. The van der Waals surface area contributed by atoms with E-state index < -0.39 is 0 Å². The second-order valence-electron chi connectivity index (χ2n) is 8.76. The number of fused-ring (bicyclic) bond motifs is 1. The number of urea groups is 1. The summed E-state index contributed by atoms with van der Waals surface area (Å²) in [5.41, 5.74) is 11.2. The average Bonchev–Trinajstić information content (AvgIpc) is 3.30. The van der Waals surface area contributed by atoms with Crippen molar-refractivity contribution in [3.8, 4) is 0 Å². The van der Waals surface area contributed by atoms with Crippen LogP contribution < -0.4 is 27.4 Å². The number of carbonyl (C=O) groups is 2. The molecule has 2 heterocycles. The molecule has 0 radical (unpaired) electrons. The highest BCUT2D eigenvalue weighted by Crippen LogP contribution is 2.33. The molecule has 0 spiro atoms. The van der Waals surface area contributed by atoms with Crippen LogP contribution in [0.4, 0.5) is 4.79 Å². The molecule has 7 N–H and O–H groups in total. The number of hydrogen-bond acceptors (Lipinski definition) is 6. The summed E-state index contributed by atoms with van der Waals surface area (Å²) in [6.07, 6.45) is 10.2. The van der Waals surface area contributed by atoms with Gasteiger partial charge in [0.25, 0.3) is 0 Å². The minimum Gasteiger partial charge on any atom is -0.356 e. The Balaban J connectivity index is 1.43. The van der Waals surface area contributed by atoms with Gasteiger partial charge in [0.15, 0.2) is 0 Å². The summed E-state index contributed by atoms with van der Waals surface area (Å²) in [4.78, 5) is 26.0. The first-order chi connectivity index (χ1) is 15.1. The van der Waals surface area contributed by atoms with Gasteiger partial charge in [-0.2, -0.15) is 11.8 Å². The molecule has 2 rings (SSSR count). The van der Waals surface area contributed by atoms with Crippen molar-refractivity contribution in [2.24, 2.45) is 11.5 Å². The first kappa shape index (κ1) is 26.2. The number of rotatable bonds is 18. The fourth-order valence-corrected chi connectivity index (χ4v) is 5.90. The van der Waals surface area contributed by atoms with Gasteiger partial charge in [0, 0.05) is 24.0 Å². The van der Waals surface area contributed by atoms with Crippen LogP contribution in [0.5, 0.6) is 0 Å².